The van der Waals surface area contributed by atoms with Gasteiger partial charge in [0.1, 0.15) is 11.5 Å². The molecule has 3 heterocycles. The molecule has 3 aromatic heterocycles. The summed E-state index contributed by atoms with van der Waals surface area (Å²) in [4.78, 5) is 8.39. The van der Waals surface area contributed by atoms with Gasteiger partial charge in [-0.2, -0.15) is 0 Å². The Morgan fingerprint density at radius 2 is 1.23 bits per heavy atom. The van der Waals surface area contributed by atoms with Gasteiger partial charge in [0.15, 0.2) is 0 Å². The molecule has 0 saturated heterocycles. The zero-order chi connectivity index (χ0) is 40.6. The first kappa shape index (κ1) is 8.17. The fourth-order valence-corrected chi connectivity index (χ4v) is 3.58. The molecule has 0 aliphatic heterocycles. The summed E-state index contributed by atoms with van der Waals surface area (Å²) in [5.74, 6) is -1.41. The van der Waals surface area contributed by atoms with E-state index in [9.17, 15) is 1.37 Å². The highest BCUT2D eigenvalue weighted by Gasteiger charge is 2.14. The van der Waals surface area contributed by atoms with E-state index in [4.69, 9.17) is 30.5 Å². The number of benzene rings is 4. The molecule has 3 nitrogen and oxygen atoms in total. The number of furan rings is 1. The second kappa shape index (κ2) is 7.93. The van der Waals surface area contributed by atoms with Crippen LogP contribution in [0.15, 0.2) is 125 Å². The SMILES string of the molecule is [2H]c1nc2c(c([2H])c1[2H])c([2H])c([2H])c1c([2H])c([2H])c(-c3c([2H])c([2H])c(-c4oc(-c5c([2H])c([2H])c([2H])c([2H])c5[2H])c([2H])c4[2H])c4c([2H])c([2H])c([2H])c([2H])c34)nc12. The van der Waals surface area contributed by atoms with Gasteiger partial charge in [-0.1, -0.05) is 84.6 Å². The molecule has 0 amide bonds. The summed E-state index contributed by atoms with van der Waals surface area (Å²) >= 11 is 0. The third kappa shape index (κ3) is 3.29. The minimum absolute atomic E-state index is 0.366. The molecule has 3 heteroatoms. The lowest BCUT2D eigenvalue weighted by Crippen LogP contribution is -1.90. The minimum atomic E-state index is -0.887. The van der Waals surface area contributed by atoms with Gasteiger partial charge >= 0.3 is 0 Å². The number of pyridine rings is 2. The summed E-state index contributed by atoms with van der Waals surface area (Å²) in [6.45, 7) is 0. The van der Waals surface area contributed by atoms with Gasteiger partial charge in [-0.3, -0.25) is 4.98 Å². The van der Waals surface area contributed by atoms with Crippen LogP contribution in [-0.2, 0) is 0 Å². The summed E-state index contributed by atoms with van der Waals surface area (Å²) in [6.07, 6.45) is -0.708. The van der Waals surface area contributed by atoms with Crippen LogP contribution < -0.4 is 0 Å². The van der Waals surface area contributed by atoms with Gasteiger partial charge in [0.05, 0.1) is 44.1 Å². The highest BCUT2D eigenvalue weighted by atomic mass is 16.3. The van der Waals surface area contributed by atoms with E-state index in [1.807, 2.05) is 0 Å². The highest BCUT2D eigenvalue weighted by Crippen LogP contribution is 2.37. The van der Waals surface area contributed by atoms with Crippen molar-refractivity contribution in [2.24, 2.45) is 0 Å². The van der Waals surface area contributed by atoms with E-state index >= 15 is 0 Å². The largest absolute Gasteiger partial charge is 0.456 e. The molecule has 164 valence electrons. The summed E-state index contributed by atoms with van der Waals surface area (Å²) in [5.41, 5.74) is -3.21. The molecule has 0 bridgehead atoms. The molecule has 0 saturated carbocycles. The molecular weight excluding hydrogens is 428 g/mol. The molecule has 7 rings (SSSR count). The maximum atomic E-state index is 9.18. The Morgan fingerprint density at radius 3 is 2.09 bits per heavy atom. The molecular formula is C32H20N2O. The van der Waals surface area contributed by atoms with Crippen LogP contribution >= 0.6 is 0 Å². The Balaban J connectivity index is 1.66. The maximum Gasteiger partial charge on any atom is 0.135 e. The third-order valence-corrected chi connectivity index (χ3v) is 5.14. The first-order chi connectivity index (χ1) is 25.7. The molecule has 0 unspecified atom stereocenters. The lowest BCUT2D eigenvalue weighted by atomic mass is 9.96. The molecule has 35 heavy (non-hydrogen) atoms. The first-order valence-corrected chi connectivity index (χ1v) is 10.1. The van der Waals surface area contributed by atoms with Gasteiger partial charge in [0.25, 0.3) is 0 Å². The standard InChI is InChI=1S/C32H20N2O/c1-2-7-21(8-3-1)29-18-19-30(35-29)27-16-15-26(24-10-4-5-11-25(24)27)28-17-14-23-13-12-22-9-6-20-33-31(22)32(23)34-28/h1-20H/i1D,2D,3D,4D,5D,6D,7D,8D,9D,10D,11D,12D,13D,14D,15D,16D,17D,18D,19D,20D. The van der Waals surface area contributed by atoms with Crippen molar-refractivity contribution in [1.82, 2.24) is 9.97 Å². The maximum absolute atomic E-state index is 9.18. The normalized spacial score (nSPS) is 19.4. The van der Waals surface area contributed by atoms with Gasteiger partial charge in [-0.05, 0) is 41.0 Å². The number of fused-ring (bicyclic) bond motifs is 4. The van der Waals surface area contributed by atoms with Crippen molar-refractivity contribution in [3.63, 3.8) is 0 Å². The topological polar surface area (TPSA) is 38.9 Å². The number of rotatable bonds is 3. The van der Waals surface area contributed by atoms with Crippen molar-refractivity contribution in [3.05, 3.63) is 121 Å². The monoisotopic (exact) mass is 468 g/mol. The second-order valence-electron chi connectivity index (χ2n) is 7.14. The van der Waals surface area contributed by atoms with Crippen molar-refractivity contribution >= 4 is 32.6 Å². The zero-order valence-electron chi connectivity index (χ0n) is 37.3. The molecule has 0 N–H and O–H groups in total. The second-order valence-corrected chi connectivity index (χ2v) is 7.14. The molecule has 0 spiro atoms. The van der Waals surface area contributed by atoms with Crippen LogP contribution in [0, 0.1) is 0 Å². The van der Waals surface area contributed by atoms with E-state index in [2.05, 4.69) is 9.97 Å². The van der Waals surface area contributed by atoms with Crippen molar-refractivity contribution in [3.8, 4) is 33.9 Å². The van der Waals surface area contributed by atoms with Crippen molar-refractivity contribution in [1.29, 1.82) is 0 Å². The highest BCUT2D eigenvalue weighted by molar-refractivity contribution is 6.06. The van der Waals surface area contributed by atoms with Crippen LogP contribution in [0.5, 0.6) is 0 Å². The van der Waals surface area contributed by atoms with Crippen LogP contribution in [0.25, 0.3) is 66.5 Å². The van der Waals surface area contributed by atoms with E-state index in [1.54, 1.807) is 0 Å². The van der Waals surface area contributed by atoms with Crippen molar-refractivity contribution < 1.29 is 31.8 Å². The average Bonchev–Trinajstić information content (AvgIpc) is 3.43. The summed E-state index contributed by atoms with van der Waals surface area (Å²) in [5, 5.41) is -1.89. The number of aromatic nitrogens is 2. The molecule has 0 atom stereocenters. The van der Waals surface area contributed by atoms with Crippen LogP contribution in [0.4, 0.5) is 0 Å². The minimum Gasteiger partial charge on any atom is -0.456 e. The first-order valence-electron chi connectivity index (χ1n) is 20.1. The van der Waals surface area contributed by atoms with Crippen LogP contribution in [0.3, 0.4) is 0 Å². The third-order valence-electron chi connectivity index (χ3n) is 5.14. The van der Waals surface area contributed by atoms with Crippen molar-refractivity contribution in [2.75, 3.05) is 0 Å². The van der Waals surface area contributed by atoms with E-state index in [-0.39, 0.29) is 10.9 Å². The fourth-order valence-electron chi connectivity index (χ4n) is 3.58. The number of hydrogen-bond acceptors (Lipinski definition) is 3. The van der Waals surface area contributed by atoms with Crippen molar-refractivity contribution in [2.45, 2.75) is 0 Å². The van der Waals surface area contributed by atoms with Crippen LogP contribution in [0.2, 0.25) is 0 Å². The lowest BCUT2D eigenvalue weighted by molar-refractivity contribution is 0.598. The fraction of sp³-hybridized carbons (Fsp3) is 0. The van der Waals surface area contributed by atoms with E-state index < -0.39 is 177 Å². The smallest absolute Gasteiger partial charge is 0.135 e. The lowest BCUT2D eigenvalue weighted by Gasteiger charge is -2.11. The quantitative estimate of drug-likeness (QED) is 0.244. The van der Waals surface area contributed by atoms with E-state index in [0.717, 1.165) is 0 Å². The molecule has 0 radical (unpaired) electrons. The van der Waals surface area contributed by atoms with Gasteiger partial charge in [-0.25, -0.2) is 4.98 Å². The predicted octanol–water partition coefficient (Wildman–Crippen LogP) is 8.53. The summed E-state index contributed by atoms with van der Waals surface area (Å²) in [7, 11) is 0. The molecule has 7 aromatic rings. The molecule has 0 aliphatic carbocycles. The van der Waals surface area contributed by atoms with Gasteiger partial charge < -0.3 is 4.42 Å². The Bertz CT molecular complexity index is 2910. The number of hydrogen-bond donors (Lipinski definition) is 0. The summed E-state index contributed by atoms with van der Waals surface area (Å²) in [6, 6.07) is -14.8. The average molecular weight is 469 g/mol. The van der Waals surface area contributed by atoms with Crippen LogP contribution in [0.1, 0.15) is 27.4 Å². The van der Waals surface area contributed by atoms with Gasteiger partial charge in [0, 0.05) is 33.6 Å². The Morgan fingerprint density at radius 1 is 0.543 bits per heavy atom. The van der Waals surface area contributed by atoms with E-state index in [1.165, 1.54) is 0 Å². The Kier molecular flexibility index (Phi) is 1.85. The van der Waals surface area contributed by atoms with Crippen LogP contribution in [-0.4, -0.2) is 9.97 Å². The molecule has 4 aromatic carbocycles. The summed E-state index contributed by atoms with van der Waals surface area (Å²) < 4.78 is 176. The molecule has 0 aliphatic rings. The Labute approximate surface area is 230 Å². The van der Waals surface area contributed by atoms with Gasteiger partial charge in [-0.15, -0.1) is 0 Å². The molecule has 0 fully saturated rings. The van der Waals surface area contributed by atoms with E-state index in [0.29, 0.717) is 0 Å². The predicted molar refractivity (Wildman–Crippen MR) is 143 cm³/mol. The Hall–Kier alpha value is -4.76. The van der Waals surface area contributed by atoms with Gasteiger partial charge in [0.2, 0.25) is 0 Å². The number of nitrogens with zero attached hydrogens (tertiary/aromatic N) is 2. The zero-order valence-corrected chi connectivity index (χ0v) is 17.3.